The smallest absolute Gasteiger partial charge is 0.114 e. The van der Waals surface area contributed by atoms with E-state index in [0.29, 0.717) is 11.8 Å². The van der Waals surface area contributed by atoms with E-state index in [1.165, 1.54) is 149 Å². The lowest BCUT2D eigenvalue weighted by atomic mass is 9.93. The molecule has 0 radical (unpaired) electrons. The van der Waals surface area contributed by atoms with Gasteiger partial charge in [-0.25, -0.2) is 0 Å². The maximum atomic E-state index is 4.98. The molecular formula is C48H60N2S5. The molecule has 0 aliphatic heterocycles. The van der Waals surface area contributed by atoms with Crippen molar-refractivity contribution >= 4 is 88.3 Å². The Bertz CT molecular complexity index is 2290. The molecule has 2 aromatic carbocycles. The van der Waals surface area contributed by atoms with Gasteiger partial charge in [0.1, 0.15) is 11.0 Å². The molecule has 7 aromatic rings. The van der Waals surface area contributed by atoms with E-state index in [2.05, 4.69) is 103 Å². The van der Waals surface area contributed by atoms with Crippen molar-refractivity contribution < 1.29 is 0 Å². The fourth-order valence-corrected chi connectivity index (χ4v) is 13.6. The van der Waals surface area contributed by atoms with Crippen LogP contribution in [0, 0.1) is 25.7 Å². The van der Waals surface area contributed by atoms with Crippen molar-refractivity contribution in [1.82, 2.24) is 8.75 Å². The molecule has 0 aliphatic carbocycles. The zero-order chi connectivity index (χ0) is 38.6. The molecule has 5 aromatic heterocycles. The van der Waals surface area contributed by atoms with Crippen LogP contribution in [0.5, 0.6) is 0 Å². The Balaban J connectivity index is 1.32. The molecule has 0 saturated heterocycles. The molecule has 0 bridgehead atoms. The van der Waals surface area contributed by atoms with Crippen LogP contribution in [-0.2, 0) is 25.7 Å². The molecule has 5 heterocycles. The predicted octanol–water partition coefficient (Wildman–Crippen LogP) is 17.3. The van der Waals surface area contributed by atoms with Crippen LogP contribution in [0.4, 0.5) is 0 Å². The molecule has 0 spiro atoms. The maximum Gasteiger partial charge on any atom is 0.114 e. The number of hydrogen-bond donors (Lipinski definition) is 0. The first-order valence-corrected chi connectivity index (χ1v) is 25.1. The lowest BCUT2D eigenvalue weighted by Gasteiger charge is -2.13. The van der Waals surface area contributed by atoms with Crippen LogP contribution >= 0.6 is 57.1 Å². The van der Waals surface area contributed by atoms with Gasteiger partial charge in [-0.3, -0.25) is 0 Å². The number of benzene rings is 2. The Morgan fingerprint density at radius 1 is 0.545 bits per heavy atom. The van der Waals surface area contributed by atoms with Gasteiger partial charge in [-0.05, 0) is 134 Å². The van der Waals surface area contributed by atoms with Gasteiger partial charge in [0.25, 0.3) is 0 Å². The molecule has 0 fully saturated rings. The van der Waals surface area contributed by atoms with Crippen molar-refractivity contribution in [2.24, 2.45) is 11.8 Å². The van der Waals surface area contributed by atoms with Crippen molar-refractivity contribution in [1.29, 1.82) is 0 Å². The molecular weight excluding hydrogens is 765 g/mol. The summed E-state index contributed by atoms with van der Waals surface area (Å²) in [5, 5.41) is 3.05. The number of thiophene rings is 4. The second-order valence-corrected chi connectivity index (χ2v) is 21.8. The molecule has 55 heavy (non-hydrogen) atoms. The average Bonchev–Trinajstić information content (AvgIpc) is 4.00. The van der Waals surface area contributed by atoms with E-state index in [9.17, 15) is 0 Å². The third-order valence-electron chi connectivity index (χ3n) is 11.3. The average molecular weight is 825 g/mol. The number of hydrogen-bond acceptors (Lipinski definition) is 7. The second kappa shape index (κ2) is 18.4. The number of nitrogens with zero attached hydrogens (tertiary/aromatic N) is 2. The number of aryl methyl sites for hydroxylation is 6. The molecule has 0 saturated carbocycles. The SMILES string of the molecule is CCCCCCc1cc(-c2ccc(-c3cc(CCCCCC)c(-c4cc5c(CCC(C)C)c6sc(C)cc6c(CCC(C)C)c5s4)s3)c3nsnc23)sc1C. The van der Waals surface area contributed by atoms with Gasteiger partial charge in [0, 0.05) is 49.8 Å². The Kier molecular flexibility index (Phi) is 13.7. The van der Waals surface area contributed by atoms with E-state index in [0.717, 1.165) is 30.3 Å². The summed E-state index contributed by atoms with van der Waals surface area (Å²) in [5.74, 6) is 1.37. The van der Waals surface area contributed by atoms with Gasteiger partial charge < -0.3 is 0 Å². The van der Waals surface area contributed by atoms with Gasteiger partial charge in [-0.1, -0.05) is 92.2 Å². The normalized spacial score (nSPS) is 12.3. The first-order valence-electron chi connectivity index (χ1n) is 21.1. The van der Waals surface area contributed by atoms with Crippen LogP contribution in [0.2, 0.25) is 0 Å². The first-order chi connectivity index (χ1) is 26.7. The summed E-state index contributed by atoms with van der Waals surface area (Å²) in [4.78, 5) is 8.47. The van der Waals surface area contributed by atoms with Gasteiger partial charge in [0.05, 0.1) is 11.7 Å². The Labute approximate surface area is 350 Å². The van der Waals surface area contributed by atoms with Gasteiger partial charge >= 0.3 is 0 Å². The Morgan fingerprint density at radius 2 is 1.09 bits per heavy atom. The highest BCUT2D eigenvalue weighted by Gasteiger charge is 2.24. The highest BCUT2D eigenvalue weighted by atomic mass is 32.1. The van der Waals surface area contributed by atoms with E-state index in [4.69, 9.17) is 8.75 Å². The van der Waals surface area contributed by atoms with Crippen molar-refractivity contribution in [3.05, 3.63) is 68.4 Å². The fourth-order valence-electron chi connectivity index (χ4n) is 8.13. The molecule has 292 valence electrons. The molecule has 7 rings (SSSR count). The monoisotopic (exact) mass is 824 g/mol. The summed E-state index contributed by atoms with van der Waals surface area (Å²) in [7, 11) is 0. The molecule has 2 nitrogen and oxygen atoms in total. The second-order valence-electron chi connectivity index (χ2n) is 16.7. The maximum absolute atomic E-state index is 4.98. The van der Waals surface area contributed by atoms with Crippen LogP contribution in [0.15, 0.2) is 36.4 Å². The summed E-state index contributed by atoms with van der Waals surface area (Å²) in [6, 6.07) is 14.8. The van der Waals surface area contributed by atoms with Gasteiger partial charge in [0.15, 0.2) is 0 Å². The molecule has 0 N–H and O–H groups in total. The summed E-state index contributed by atoms with van der Waals surface area (Å²) < 4.78 is 13.0. The highest BCUT2D eigenvalue weighted by molar-refractivity contribution is 7.27. The first kappa shape index (κ1) is 40.8. The van der Waals surface area contributed by atoms with E-state index in [-0.39, 0.29) is 0 Å². The third kappa shape index (κ3) is 9.02. The quantitative estimate of drug-likeness (QED) is 0.0759. The number of aromatic nitrogens is 2. The highest BCUT2D eigenvalue weighted by Crippen LogP contribution is 2.49. The van der Waals surface area contributed by atoms with E-state index in [1.54, 1.807) is 15.8 Å². The van der Waals surface area contributed by atoms with Crippen molar-refractivity contribution in [2.45, 2.75) is 145 Å². The Morgan fingerprint density at radius 3 is 1.69 bits per heavy atom. The van der Waals surface area contributed by atoms with E-state index in [1.807, 2.05) is 34.0 Å². The zero-order valence-electron chi connectivity index (χ0n) is 34.5. The third-order valence-corrected chi connectivity index (χ3v) is 16.7. The minimum atomic E-state index is 0.685. The van der Waals surface area contributed by atoms with Gasteiger partial charge in [-0.15, -0.1) is 45.3 Å². The summed E-state index contributed by atoms with van der Waals surface area (Å²) in [5.41, 5.74) is 10.8. The number of rotatable bonds is 19. The summed E-state index contributed by atoms with van der Waals surface area (Å²) >= 11 is 9.38. The van der Waals surface area contributed by atoms with Crippen LogP contribution in [0.3, 0.4) is 0 Å². The van der Waals surface area contributed by atoms with E-state index < -0.39 is 0 Å². The van der Waals surface area contributed by atoms with Crippen LogP contribution < -0.4 is 0 Å². The molecule has 0 atom stereocenters. The summed E-state index contributed by atoms with van der Waals surface area (Å²) in [6.07, 6.45) is 17.3. The number of fused-ring (bicyclic) bond motifs is 3. The van der Waals surface area contributed by atoms with Crippen LogP contribution in [0.25, 0.3) is 61.8 Å². The number of unbranched alkanes of at least 4 members (excludes halogenated alkanes) is 6. The standard InChI is InChI=1S/C48H60N2S5/c1-9-11-13-15-17-33-26-41(52-32(33)8)37-23-24-38(45-44(37)49-55-50-45)42-27-34(18-16-14-12-10-2)46(53-42)43-28-40-36(22-20-30(5)6)47-39(25-31(7)51-47)35(48(40)54-43)21-19-29(3)4/h23-30H,9-22H2,1-8H3. The van der Waals surface area contributed by atoms with Crippen LogP contribution in [-0.4, -0.2) is 8.75 Å². The zero-order valence-corrected chi connectivity index (χ0v) is 38.5. The lowest BCUT2D eigenvalue weighted by Crippen LogP contribution is -1.97. The van der Waals surface area contributed by atoms with E-state index >= 15 is 0 Å². The van der Waals surface area contributed by atoms with Crippen molar-refractivity contribution in [3.8, 4) is 30.6 Å². The molecule has 0 unspecified atom stereocenters. The molecule has 0 aliphatic rings. The summed E-state index contributed by atoms with van der Waals surface area (Å²) in [6.45, 7) is 18.7. The van der Waals surface area contributed by atoms with Crippen LogP contribution in [0.1, 0.15) is 138 Å². The Hall–Kier alpha value is -2.42. The van der Waals surface area contributed by atoms with Crippen molar-refractivity contribution in [2.75, 3.05) is 0 Å². The molecule has 0 amide bonds. The van der Waals surface area contributed by atoms with Crippen molar-refractivity contribution in [3.63, 3.8) is 0 Å². The minimum Gasteiger partial charge on any atom is -0.172 e. The molecule has 7 heteroatoms. The van der Waals surface area contributed by atoms with Gasteiger partial charge in [-0.2, -0.15) is 8.75 Å². The minimum absolute atomic E-state index is 0.685. The predicted molar refractivity (Wildman–Crippen MR) is 252 cm³/mol. The largest absolute Gasteiger partial charge is 0.172 e. The van der Waals surface area contributed by atoms with Gasteiger partial charge in [0.2, 0.25) is 0 Å². The lowest BCUT2D eigenvalue weighted by molar-refractivity contribution is 0.588. The fraction of sp³-hybridized carbons (Fsp3) is 0.500. The topological polar surface area (TPSA) is 25.8 Å².